The lowest BCUT2D eigenvalue weighted by Crippen LogP contribution is -1.98. The van der Waals surface area contributed by atoms with Gasteiger partial charge in [0.25, 0.3) is 0 Å². The van der Waals surface area contributed by atoms with Gasteiger partial charge in [0.05, 0.1) is 11.0 Å². The average molecular weight is 574 g/mol. The van der Waals surface area contributed by atoms with E-state index in [1.165, 1.54) is 49.0 Å². The van der Waals surface area contributed by atoms with Crippen molar-refractivity contribution in [3.05, 3.63) is 164 Å². The normalized spacial score (nSPS) is 11.6. The molecule has 0 bridgehead atoms. The van der Waals surface area contributed by atoms with Crippen LogP contribution in [-0.2, 0) is 0 Å². The third-order valence-corrected chi connectivity index (χ3v) is 8.82. The Morgan fingerprint density at radius 1 is 0.444 bits per heavy atom. The Labute approximate surface area is 260 Å². The number of rotatable bonds is 4. The minimum absolute atomic E-state index is 0.829. The summed E-state index contributed by atoms with van der Waals surface area (Å²) in [6.45, 7) is 0. The molecule has 0 N–H and O–H groups in total. The van der Waals surface area contributed by atoms with E-state index in [1.807, 2.05) is 30.5 Å². The van der Waals surface area contributed by atoms with Gasteiger partial charge in [-0.3, -0.25) is 9.55 Å². The van der Waals surface area contributed by atoms with Gasteiger partial charge in [0.1, 0.15) is 5.69 Å². The second-order valence-corrected chi connectivity index (χ2v) is 11.4. The van der Waals surface area contributed by atoms with Gasteiger partial charge in [-0.25, -0.2) is 4.98 Å². The monoisotopic (exact) mass is 573 g/mol. The zero-order valence-electron chi connectivity index (χ0n) is 24.4. The molecule has 0 unspecified atom stereocenters. The van der Waals surface area contributed by atoms with Crippen molar-refractivity contribution in [3.8, 4) is 39.5 Å². The van der Waals surface area contributed by atoms with Crippen molar-refractivity contribution >= 4 is 43.4 Å². The quantitative estimate of drug-likeness (QED) is 0.196. The number of fused-ring (bicyclic) bond motifs is 4. The molecule has 0 radical (unpaired) electrons. The van der Waals surface area contributed by atoms with Gasteiger partial charge in [0, 0.05) is 11.9 Å². The SMILES string of the molecule is c1ccc(-n2c(-c3ccccn3)nc3ccc(-c4c5ccccc5c(-c5ccc6ccccc6c5)c5ccccc45)cc32)cc1. The fourth-order valence-electron chi connectivity index (χ4n) is 6.83. The average Bonchev–Trinajstić information content (AvgIpc) is 3.50. The lowest BCUT2D eigenvalue weighted by Gasteiger charge is -2.18. The van der Waals surface area contributed by atoms with Gasteiger partial charge in [-0.2, -0.15) is 0 Å². The number of para-hydroxylation sites is 1. The Morgan fingerprint density at radius 2 is 1.02 bits per heavy atom. The molecule has 0 spiro atoms. The molecule has 210 valence electrons. The van der Waals surface area contributed by atoms with Crippen molar-refractivity contribution in [2.75, 3.05) is 0 Å². The van der Waals surface area contributed by atoms with Crippen molar-refractivity contribution in [2.45, 2.75) is 0 Å². The van der Waals surface area contributed by atoms with E-state index in [9.17, 15) is 0 Å². The fraction of sp³-hybridized carbons (Fsp3) is 0. The van der Waals surface area contributed by atoms with Crippen LogP contribution in [0, 0.1) is 0 Å². The molecule has 0 aliphatic heterocycles. The molecule has 9 rings (SSSR count). The molecule has 0 saturated heterocycles. The highest BCUT2D eigenvalue weighted by Crippen LogP contribution is 2.44. The van der Waals surface area contributed by atoms with Crippen molar-refractivity contribution in [2.24, 2.45) is 0 Å². The molecule has 3 heteroatoms. The summed E-state index contributed by atoms with van der Waals surface area (Å²) in [5.41, 5.74) is 8.76. The summed E-state index contributed by atoms with van der Waals surface area (Å²) in [5.74, 6) is 0.829. The van der Waals surface area contributed by atoms with E-state index in [2.05, 4.69) is 143 Å². The molecule has 0 aliphatic rings. The molecule has 0 aliphatic carbocycles. The Hall–Kier alpha value is -6.06. The first kappa shape index (κ1) is 25.4. The van der Waals surface area contributed by atoms with Crippen LogP contribution in [0.5, 0.6) is 0 Å². The van der Waals surface area contributed by atoms with E-state index < -0.39 is 0 Å². The molecule has 7 aromatic carbocycles. The molecule has 0 saturated carbocycles. The van der Waals surface area contributed by atoms with E-state index in [1.54, 1.807) is 0 Å². The van der Waals surface area contributed by atoms with Gasteiger partial charge in [-0.15, -0.1) is 0 Å². The molecule has 0 fully saturated rings. The predicted molar refractivity (Wildman–Crippen MR) is 188 cm³/mol. The molecule has 2 heterocycles. The largest absolute Gasteiger partial charge is 0.291 e. The number of aromatic nitrogens is 3. The summed E-state index contributed by atoms with van der Waals surface area (Å²) in [6.07, 6.45) is 1.82. The number of hydrogen-bond donors (Lipinski definition) is 0. The van der Waals surface area contributed by atoms with Gasteiger partial charge in [0.15, 0.2) is 5.82 Å². The fourth-order valence-corrected chi connectivity index (χ4v) is 6.83. The van der Waals surface area contributed by atoms with Gasteiger partial charge in [-0.1, -0.05) is 115 Å². The summed E-state index contributed by atoms with van der Waals surface area (Å²) in [6, 6.07) is 56.1. The Balaban J connectivity index is 1.35. The maximum atomic E-state index is 5.10. The van der Waals surface area contributed by atoms with Crippen LogP contribution in [0.25, 0.3) is 82.8 Å². The number of imidazole rings is 1. The summed E-state index contributed by atoms with van der Waals surface area (Å²) in [5, 5.41) is 7.44. The second kappa shape index (κ2) is 10.3. The Bertz CT molecular complexity index is 2470. The predicted octanol–water partition coefficient (Wildman–Crippen LogP) is 10.9. The van der Waals surface area contributed by atoms with Crippen LogP contribution in [0.4, 0.5) is 0 Å². The summed E-state index contributed by atoms with van der Waals surface area (Å²) < 4.78 is 2.23. The first-order chi connectivity index (χ1) is 22.3. The highest BCUT2D eigenvalue weighted by molar-refractivity contribution is 6.22. The van der Waals surface area contributed by atoms with Crippen LogP contribution in [0.3, 0.4) is 0 Å². The molecule has 9 aromatic rings. The lowest BCUT2D eigenvalue weighted by molar-refractivity contribution is 1.08. The van der Waals surface area contributed by atoms with Crippen molar-refractivity contribution in [1.82, 2.24) is 14.5 Å². The first-order valence-corrected chi connectivity index (χ1v) is 15.3. The highest BCUT2D eigenvalue weighted by Gasteiger charge is 2.20. The first-order valence-electron chi connectivity index (χ1n) is 15.3. The number of hydrogen-bond acceptors (Lipinski definition) is 2. The van der Waals surface area contributed by atoms with Crippen LogP contribution in [0.2, 0.25) is 0 Å². The zero-order chi connectivity index (χ0) is 29.7. The molecular weight excluding hydrogens is 546 g/mol. The second-order valence-electron chi connectivity index (χ2n) is 11.4. The van der Waals surface area contributed by atoms with Crippen LogP contribution in [-0.4, -0.2) is 14.5 Å². The number of nitrogens with zero attached hydrogens (tertiary/aromatic N) is 3. The van der Waals surface area contributed by atoms with Crippen molar-refractivity contribution < 1.29 is 0 Å². The number of benzene rings is 7. The minimum Gasteiger partial charge on any atom is -0.291 e. The Morgan fingerprint density at radius 3 is 1.69 bits per heavy atom. The topological polar surface area (TPSA) is 30.7 Å². The van der Waals surface area contributed by atoms with Crippen molar-refractivity contribution in [3.63, 3.8) is 0 Å². The zero-order valence-corrected chi connectivity index (χ0v) is 24.4. The van der Waals surface area contributed by atoms with E-state index in [-0.39, 0.29) is 0 Å². The smallest absolute Gasteiger partial charge is 0.164 e. The minimum atomic E-state index is 0.829. The highest BCUT2D eigenvalue weighted by atomic mass is 15.1. The van der Waals surface area contributed by atoms with Crippen LogP contribution >= 0.6 is 0 Å². The maximum absolute atomic E-state index is 5.10. The molecule has 0 amide bonds. The molecule has 45 heavy (non-hydrogen) atoms. The van der Waals surface area contributed by atoms with E-state index in [0.29, 0.717) is 0 Å². The van der Waals surface area contributed by atoms with Gasteiger partial charge >= 0.3 is 0 Å². The van der Waals surface area contributed by atoms with Crippen molar-refractivity contribution in [1.29, 1.82) is 0 Å². The van der Waals surface area contributed by atoms with Crippen LogP contribution in [0.1, 0.15) is 0 Å². The third kappa shape index (κ3) is 4.13. The summed E-state index contributed by atoms with van der Waals surface area (Å²) in [7, 11) is 0. The van der Waals surface area contributed by atoms with Crippen LogP contribution < -0.4 is 0 Å². The van der Waals surface area contributed by atoms with E-state index in [4.69, 9.17) is 4.98 Å². The number of pyridine rings is 1. The summed E-state index contributed by atoms with van der Waals surface area (Å²) in [4.78, 5) is 9.76. The van der Waals surface area contributed by atoms with Gasteiger partial charge in [0.2, 0.25) is 0 Å². The van der Waals surface area contributed by atoms with E-state index >= 15 is 0 Å². The standard InChI is InChI=1S/C42H27N3/c1-2-14-32(15-3-1)45-39-27-31(23-24-37(39)44-42(45)38-20-10-11-25-43-38)41-35-18-8-6-16-33(35)40(34-17-7-9-19-36(34)41)30-22-21-28-12-4-5-13-29(28)26-30/h1-27H. The summed E-state index contributed by atoms with van der Waals surface area (Å²) >= 11 is 0. The molecule has 2 aromatic heterocycles. The Kier molecular flexibility index (Phi) is 5.82. The van der Waals surface area contributed by atoms with Crippen LogP contribution in [0.15, 0.2) is 164 Å². The van der Waals surface area contributed by atoms with E-state index in [0.717, 1.165) is 33.8 Å². The molecular formula is C42H27N3. The molecule has 3 nitrogen and oxygen atoms in total. The third-order valence-electron chi connectivity index (χ3n) is 8.82. The maximum Gasteiger partial charge on any atom is 0.164 e. The lowest BCUT2D eigenvalue weighted by atomic mass is 9.85. The van der Waals surface area contributed by atoms with Gasteiger partial charge in [-0.05, 0) is 97.0 Å². The molecule has 0 atom stereocenters. The van der Waals surface area contributed by atoms with Gasteiger partial charge < -0.3 is 0 Å².